The lowest BCUT2D eigenvalue weighted by Crippen LogP contribution is -2.26. The second kappa shape index (κ2) is 6.66. The standard InChI is InChI=1S/C12H20N2OS/c1-4-10-6-7-11(16-10)12(15)13-8-5-9-14(2)3/h6-7H,4-5,8-9H2,1-3H3,(H,13,15). The van der Waals surface area contributed by atoms with E-state index in [2.05, 4.69) is 17.1 Å². The number of carbonyl (C=O) groups is 1. The number of thiophene rings is 1. The van der Waals surface area contributed by atoms with Crippen molar-refractivity contribution in [2.24, 2.45) is 0 Å². The van der Waals surface area contributed by atoms with Crippen molar-refractivity contribution in [2.75, 3.05) is 27.2 Å². The molecule has 0 aliphatic carbocycles. The average molecular weight is 240 g/mol. The highest BCUT2D eigenvalue weighted by Gasteiger charge is 2.07. The van der Waals surface area contributed by atoms with Gasteiger partial charge in [-0.15, -0.1) is 11.3 Å². The van der Waals surface area contributed by atoms with Gasteiger partial charge >= 0.3 is 0 Å². The van der Waals surface area contributed by atoms with Gasteiger partial charge in [-0.05, 0) is 45.6 Å². The molecule has 0 saturated carbocycles. The summed E-state index contributed by atoms with van der Waals surface area (Å²) in [5.74, 6) is 0.0588. The van der Waals surface area contributed by atoms with Crippen molar-refractivity contribution in [1.29, 1.82) is 0 Å². The Morgan fingerprint density at radius 3 is 2.75 bits per heavy atom. The Labute approximate surface area is 101 Å². The molecule has 1 rings (SSSR count). The minimum absolute atomic E-state index is 0.0588. The van der Waals surface area contributed by atoms with E-state index in [4.69, 9.17) is 0 Å². The van der Waals surface area contributed by atoms with Gasteiger partial charge in [0, 0.05) is 11.4 Å². The molecule has 0 radical (unpaired) electrons. The fraction of sp³-hybridized carbons (Fsp3) is 0.583. The second-order valence-electron chi connectivity index (χ2n) is 4.03. The van der Waals surface area contributed by atoms with E-state index in [1.165, 1.54) is 4.88 Å². The molecule has 0 aliphatic heterocycles. The summed E-state index contributed by atoms with van der Waals surface area (Å²) in [6.45, 7) is 3.85. The molecule has 1 aromatic heterocycles. The van der Waals surface area contributed by atoms with E-state index >= 15 is 0 Å². The minimum atomic E-state index is 0.0588. The molecule has 0 bridgehead atoms. The SMILES string of the molecule is CCc1ccc(C(=O)NCCCN(C)C)s1. The fourth-order valence-corrected chi connectivity index (χ4v) is 2.24. The van der Waals surface area contributed by atoms with Crippen molar-refractivity contribution in [3.63, 3.8) is 0 Å². The highest BCUT2D eigenvalue weighted by Crippen LogP contribution is 2.16. The molecule has 0 atom stereocenters. The molecule has 4 heteroatoms. The predicted octanol–water partition coefficient (Wildman–Crippen LogP) is 1.99. The van der Waals surface area contributed by atoms with Crippen molar-refractivity contribution in [3.8, 4) is 0 Å². The van der Waals surface area contributed by atoms with Crippen LogP contribution in [-0.2, 0) is 6.42 Å². The summed E-state index contributed by atoms with van der Waals surface area (Å²) < 4.78 is 0. The summed E-state index contributed by atoms with van der Waals surface area (Å²) >= 11 is 1.58. The summed E-state index contributed by atoms with van der Waals surface area (Å²) in [7, 11) is 4.07. The molecule has 1 N–H and O–H groups in total. The third kappa shape index (κ3) is 4.33. The number of nitrogens with zero attached hydrogens (tertiary/aromatic N) is 1. The van der Waals surface area contributed by atoms with Gasteiger partial charge in [0.05, 0.1) is 4.88 Å². The topological polar surface area (TPSA) is 32.3 Å². The van der Waals surface area contributed by atoms with Gasteiger partial charge in [0.15, 0.2) is 0 Å². The van der Waals surface area contributed by atoms with Crippen molar-refractivity contribution in [3.05, 3.63) is 21.9 Å². The van der Waals surface area contributed by atoms with Gasteiger partial charge < -0.3 is 10.2 Å². The largest absolute Gasteiger partial charge is 0.351 e. The van der Waals surface area contributed by atoms with Crippen LogP contribution in [0.2, 0.25) is 0 Å². The first-order valence-corrected chi connectivity index (χ1v) is 6.46. The molecular weight excluding hydrogens is 220 g/mol. The van der Waals surface area contributed by atoms with Gasteiger partial charge in [0.2, 0.25) is 0 Å². The van der Waals surface area contributed by atoms with Gasteiger partial charge in [0.1, 0.15) is 0 Å². The van der Waals surface area contributed by atoms with Crippen LogP contribution in [0, 0.1) is 0 Å². The van der Waals surface area contributed by atoms with E-state index in [0.717, 1.165) is 30.8 Å². The van der Waals surface area contributed by atoms with E-state index in [1.54, 1.807) is 11.3 Å². The highest BCUT2D eigenvalue weighted by molar-refractivity contribution is 7.14. The zero-order chi connectivity index (χ0) is 12.0. The molecule has 1 heterocycles. The first-order chi connectivity index (χ1) is 7.63. The number of nitrogens with one attached hydrogen (secondary N) is 1. The van der Waals surface area contributed by atoms with Crippen molar-refractivity contribution in [2.45, 2.75) is 19.8 Å². The third-order valence-electron chi connectivity index (χ3n) is 2.30. The lowest BCUT2D eigenvalue weighted by molar-refractivity contribution is 0.0956. The van der Waals surface area contributed by atoms with Crippen molar-refractivity contribution >= 4 is 17.2 Å². The third-order valence-corrected chi connectivity index (χ3v) is 3.53. The molecule has 0 saturated heterocycles. The number of rotatable bonds is 6. The number of carbonyl (C=O) groups excluding carboxylic acids is 1. The van der Waals surface area contributed by atoms with E-state index in [9.17, 15) is 4.79 Å². The molecular formula is C12H20N2OS. The summed E-state index contributed by atoms with van der Waals surface area (Å²) in [5, 5.41) is 2.94. The molecule has 1 amide bonds. The summed E-state index contributed by atoms with van der Waals surface area (Å²) in [6.07, 6.45) is 1.99. The van der Waals surface area contributed by atoms with Crippen LogP contribution in [0.4, 0.5) is 0 Å². The van der Waals surface area contributed by atoms with E-state index in [0.29, 0.717) is 0 Å². The fourth-order valence-electron chi connectivity index (χ4n) is 1.37. The number of aryl methyl sites for hydroxylation is 1. The maximum absolute atomic E-state index is 11.7. The minimum Gasteiger partial charge on any atom is -0.351 e. The molecule has 0 unspecified atom stereocenters. The van der Waals surface area contributed by atoms with Crippen LogP contribution >= 0.6 is 11.3 Å². The van der Waals surface area contributed by atoms with Gasteiger partial charge in [-0.2, -0.15) is 0 Å². The summed E-state index contributed by atoms with van der Waals surface area (Å²) in [6, 6.07) is 3.93. The smallest absolute Gasteiger partial charge is 0.261 e. The van der Waals surface area contributed by atoms with Gasteiger partial charge in [0.25, 0.3) is 5.91 Å². The van der Waals surface area contributed by atoms with E-state index < -0.39 is 0 Å². The Morgan fingerprint density at radius 1 is 1.44 bits per heavy atom. The number of hydrogen-bond acceptors (Lipinski definition) is 3. The second-order valence-corrected chi connectivity index (χ2v) is 5.20. The molecule has 0 fully saturated rings. The number of amides is 1. The lowest BCUT2D eigenvalue weighted by Gasteiger charge is -2.09. The Bertz CT molecular complexity index is 334. The van der Waals surface area contributed by atoms with Crippen molar-refractivity contribution < 1.29 is 4.79 Å². The quantitative estimate of drug-likeness (QED) is 0.771. The summed E-state index contributed by atoms with van der Waals surface area (Å²) in [5.41, 5.74) is 0. The molecule has 0 aromatic carbocycles. The lowest BCUT2D eigenvalue weighted by atomic mass is 10.3. The molecule has 0 spiro atoms. The van der Waals surface area contributed by atoms with Crippen LogP contribution < -0.4 is 5.32 Å². The monoisotopic (exact) mass is 240 g/mol. The zero-order valence-corrected chi connectivity index (χ0v) is 11.1. The van der Waals surface area contributed by atoms with Crippen LogP contribution in [0.1, 0.15) is 27.9 Å². The van der Waals surface area contributed by atoms with Gasteiger partial charge in [-0.1, -0.05) is 6.92 Å². The first-order valence-electron chi connectivity index (χ1n) is 5.65. The highest BCUT2D eigenvalue weighted by atomic mass is 32.1. The van der Waals surface area contributed by atoms with Crippen LogP contribution in [0.25, 0.3) is 0 Å². The Morgan fingerprint density at radius 2 is 2.19 bits per heavy atom. The maximum atomic E-state index is 11.7. The molecule has 3 nitrogen and oxygen atoms in total. The maximum Gasteiger partial charge on any atom is 0.261 e. The van der Waals surface area contributed by atoms with E-state index in [-0.39, 0.29) is 5.91 Å². The van der Waals surface area contributed by atoms with E-state index in [1.807, 2.05) is 26.2 Å². The van der Waals surface area contributed by atoms with Gasteiger partial charge in [-0.3, -0.25) is 4.79 Å². The van der Waals surface area contributed by atoms with Crippen LogP contribution in [-0.4, -0.2) is 38.0 Å². The predicted molar refractivity (Wildman–Crippen MR) is 69.2 cm³/mol. The Balaban J connectivity index is 2.29. The number of hydrogen-bond donors (Lipinski definition) is 1. The molecule has 16 heavy (non-hydrogen) atoms. The summed E-state index contributed by atoms with van der Waals surface area (Å²) in [4.78, 5) is 15.9. The Hall–Kier alpha value is -0.870. The van der Waals surface area contributed by atoms with Crippen LogP contribution in [0.15, 0.2) is 12.1 Å². The Kier molecular flexibility index (Phi) is 5.49. The molecule has 0 aliphatic rings. The van der Waals surface area contributed by atoms with Crippen molar-refractivity contribution in [1.82, 2.24) is 10.2 Å². The van der Waals surface area contributed by atoms with Crippen LogP contribution in [0.3, 0.4) is 0 Å². The average Bonchev–Trinajstić information content (AvgIpc) is 2.72. The normalized spacial score (nSPS) is 10.8. The zero-order valence-electron chi connectivity index (χ0n) is 10.2. The van der Waals surface area contributed by atoms with Gasteiger partial charge in [-0.25, -0.2) is 0 Å². The molecule has 90 valence electrons. The first kappa shape index (κ1) is 13.2. The molecule has 1 aromatic rings. The van der Waals surface area contributed by atoms with Crippen LogP contribution in [0.5, 0.6) is 0 Å².